The van der Waals surface area contributed by atoms with Crippen molar-refractivity contribution in [2.45, 2.75) is 25.9 Å². The monoisotopic (exact) mass is 275 g/mol. The molecule has 1 saturated carbocycles. The van der Waals surface area contributed by atoms with Gasteiger partial charge in [0.15, 0.2) is 0 Å². The molecular formula is C14H17N3OS. The van der Waals surface area contributed by atoms with Crippen molar-refractivity contribution in [1.82, 2.24) is 9.97 Å². The van der Waals surface area contributed by atoms with E-state index in [2.05, 4.69) is 27.2 Å². The molecule has 0 radical (unpaired) electrons. The molecule has 2 aromatic heterocycles. The molecule has 0 spiro atoms. The van der Waals surface area contributed by atoms with Gasteiger partial charge in [-0.05, 0) is 36.6 Å². The molecule has 1 aliphatic heterocycles. The van der Waals surface area contributed by atoms with Gasteiger partial charge in [-0.25, -0.2) is 9.97 Å². The maximum absolute atomic E-state index is 10.0. The maximum Gasteiger partial charge on any atom is 0.150 e. The SMILES string of the molecule is Cc1csc2c(N3CC4CCC(O)C4C3)ncnc12. The smallest absolute Gasteiger partial charge is 0.150 e. The minimum Gasteiger partial charge on any atom is -0.393 e. The van der Waals surface area contributed by atoms with Crippen LogP contribution in [0.5, 0.6) is 0 Å². The van der Waals surface area contributed by atoms with E-state index in [1.807, 2.05) is 0 Å². The first-order chi connectivity index (χ1) is 9.24. The summed E-state index contributed by atoms with van der Waals surface area (Å²) in [5.74, 6) is 2.14. The van der Waals surface area contributed by atoms with Gasteiger partial charge in [0.1, 0.15) is 12.1 Å². The highest BCUT2D eigenvalue weighted by Gasteiger charge is 2.42. The van der Waals surface area contributed by atoms with Crippen LogP contribution in [0.4, 0.5) is 5.82 Å². The van der Waals surface area contributed by atoms with Crippen LogP contribution in [-0.2, 0) is 0 Å². The standard InChI is InChI=1S/C14H17N3OS/c1-8-6-19-13-12(8)15-7-16-14(13)17-4-9-2-3-11(18)10(9)5-17/h6-7,9-11,18H,2-5H2,1H3. The molecule has 1 saturated heterocycles. The summed E-state index contributed by atoms with van der Waals surface area (Å²) in [5, 5.41) is 12.2. The van der Waals surface area contributed by atoms with Crippen LogP contribution in [0.1, 0.15) is 18.4 Å². The number of aromatic nitrogens is 2. The largest absolute Gasteiger partial charge is 0.393 e. The third kappa shape index (κ3) is 1.68. The Bertz CT molecular complexity index is 626. The van der Waals surface area contributed by atoms with Crippen LogP contribution in [0.25, 0.3) is 10.2 Å². The lowest BCUT2D eigenvalue weighted by Crippen LogP contribution is -2.25. The van der Waals surface area contributed by atoms with Crippen molar-refractivity contribution in [3.8, 4) is 0 Å². The molecule has 2 aromatic rings. The summed E-state index contributed by atoms with van der Waals surface area (Å²) in [4.78, 5) is 11.2. The molecule has 19 heavy (non-hydrogen) atoms. The van der Waals surface area contributed by atoms with Gasteiger partial charge in [0.2, 0.25) is 0 Å². The second-order valence-electron chi connectivity index (χ2n) is 5.77. The predicted molar refractivity (Wildman–Crippen MR) is 76.6 cm³/mol. The normalized spacial score (nSPS) is 30.2. The lowest BCUT2D eigenvalue weighted by Gasteiger charge is -2.19. The van der Waals surface area contributed by atoms with Crippen LogP contribution in [-0.4, -0.2) is 34.3 Å². The molecule has 0 bridgehead atoms. The Morgan fingerprint density at radius 3 is 3.05 bits per heavy atom. The highest BCUT2D eigenvalue weighted by molar-refractivity contribution is 7.18. The summed E-state index contributed by atoms with van der Waals surface area (Å²) in [7, 11) is 0. The number of rotatable bonds is 1. The summed E-state index contributed by atoms with van der Waals surface area (Å²) in [6, 6.07) is 0. The molecule has 3 atom stereocenters. The molecule has 1 N–H and O–H groups in total. The van der Waals surface area contributed by atoms with Crippen LogP contribution >= 0.6 is 11.3 Å². The van der Waals surface area contributed by atoms with E-state index in [9.17, 15) is 5.11 Å². The van der Waals surface area contributed by atoms with Gasteiger partial charge < -0.3 is 10.0 Å². The van der Waals surface area contributed by atoms with Crippen LogP contribution < -0.4 is 4.90 Å². The Kier molecular flexibility index (Phi) is 2.53. The highest BCUT2D eigenvalue weighted by Crippen LogP contribution is 2.41. The zero-order valence-electron chi connectivity index (χ0n) is 10.9. The Morgan fingerprint density at radius 1 is 1.32 bits per heavy atom. The Balaban J connectivity index is 1.72. The molecule has 0 amide bonds. The minimum absolute atomic E-state index is 0.114. The van der Waals surface area contributed by atoms with Gasteiger partial charge in [-0.1, -0.05) is 0 Å². The number of hydrogen-bond donors (Lipinski definition) is 1. The summed E-state index contributed by atoms with van der Waals surface area (Å²) >= 11 is 1.73. The first-order valence-corrected chi connectivity index (χ1v) is 7.74. The topological polar surface area (TPSA) is 49.2 Å². The predicted octanol–water partition coefficient (Wildman–Crippen LogP) is 2.21. The van der Waals surface area contributed by atoms with E-state index >= 15 is 0 Å². The number of aliphatic hydroxyl groups is 1. The van der Waals surface area contributed by atoms with Gasteiger partial charge in [0.05, 0.1) is 16.3 Å². The Hall–Kier alpha value is -1.20. The van der Waals surface area contributed by atoms with Crippen molar-refractivity contribution >= 4 is 27.4 Å². The number of fused-ring (bicyclic) bond motifs is 2. The van der Waals surface area contributed by atoms with Gasteiger partial charge >= 0.3 is 0 Å². The average molecular weight is 275 g/mol. The average Bonchev–Trinajstić information content (AvgIpc) is 3.07. The molecule has 5 heteroatoms. The summed E-state index contributed by atoms with van der Waals surface area (Å²) in [6.45, 7) is 4.07. The van der Waals surface area contributed by atoms with Crippen LogP contribution in [0, 0.1) is 18.8 Å². The molecule has 2 aliphatic rings. The molecule has 1 aliphatic carbocycles. The third-order valence-electron chi connectivity index (χ3n) is 4.63. The number of hydrogen-bond acceptors (Lipinski definition) is 5. The van der Waals surface area contributed by atoms with E-state index in [4.69, 9.17) is 0 Å². The fraction of sp³-hybridized carbons (Fsp3) is 0.571. The summed E-state index contributed by atoms with van der Waals surface area (Å²) in [6.07, 6.45) is 3.68. The second kappa shape index (κ2) is 4.15. The Morgan fingerprint density at radius 2 is 2.21 bits per heavy atom. The quantitative estimate of drug-likeness (QED) is 0.867. The highest BCUT2D eigenvalue weighted by atomic mass is 32.1. The zero-order chi connectivity index (χ0) is 13.0. The van der Waals surface area contributed by atoms with E-state index in [-0.39, 0.29) is 6.10 Å². The maximum atomic E-state index is 10.0. The number of aryl methyl sites for hydroxylation is 1. The zero-order valence-corrected chi connectivity index (χ0v) is 11.7. The van der Waals surface area contributed by atoms with Crippen LogP contribution in [0.2, 0.25) is 0 Å². The van der Waals surface area contributed by atoms with Crippen molar-refractivity contribution < 1.29 is 5.11 Å². The van der Waals surface area contributed by atoms with Gasteiger partial charge in [-0.3, -0.25) is 0 Å². The van der Waals surface area contributed by atoms with Crippen molar-refractivity contribution in [1.29, 1.82) is 0 Å². The van der Waals surface area contributed by atoms with Gasteiger partial charge in [0.25, 0.3) is 0 Å². The van der Waals surface area contributed by atoms with E-state index in [0.29, 0.717) is 11.8 Å². The van der Waals surface area contributed by atoms with Gasteiger partial charge in [-0.15, -0.1) is 11.3 Å². The summed E-state index contributed by atoms with van der Waals surface area (Å²) in [5.41, 5.74) is 2.30. The van der Waals surface area contributed by atoms with Gasteiger partial charge in [0, 0.05) is 19.0 Å². The summed E-state index contributed by atoms with van der Waals surface area (Å²) < 4.78 is 1.19. The van der Waals surface area contributed by atoms with Gasteiger partial charge in [-0.2, -0.15) is 0 Å². The number of nitrogens with zero attached hydrogens (tertiary/aromatic N) is 3. The van der Waals surface area contributed by atoms with E-state index < -0.39 is 0 Å². The fourth-order valence-electron chi connectivity index (χ4n) is 3.59. The molecular weight excluding hydrogens is 258 g/mol. The van der Waals surface area contributed by atoms with Crippen molar-refractivity contribution in [2.75, 3.05) is 18.0 Å². The van der Waals surface area contributed by atoms with Crippen molar-refractivity contribution in [3.05, 3.63) is 17.3 Å². The first-order valence-electron chi connectivity index (χ1n) is 6.86. The molecule has 0 aromatic carbocycles. The molecule has 4 nitrogen and oxygen atoms in total. The molecule has 100 valence electrons. The van der Waals surface area contributed by atoms with Crippen LogP contribution in [0.15, 0.2) is 11.7 Å². The third-order valence-corrected chi connectivity index (χ3v) is 5.71. The van der Waals surface area contributed by atoms with Crippen molar-refractivity contribution in [2.24, 2.45) is 11.8 Å². The Labute approximate surface area is 116 Å². The minimum atomic E-state index is -0.114. The molecule has 2 fully saturated rings. The second-order valence-corrected chi connectivity index (χ2v) is 6.65. The van der Waals surface area contributed by atoms with E-state index in [1.165, 1.54) is 10.3 Å². The van der Waals surface area contributed by atoms with E-state index in [0.717, 1.165) is 37.3 Å². The van der Waals surface area contributed by atoms with Crippen molar-refractivity contribution in [3.63, 3.8) is 0 Å². The lowest BCUT2D eigenvalue weighted by atomic mass is 10.00. The van der Waals surface area contributed by atoms with Crippen LogP contribution in [0.3, 0.4) is 0 Å². The molecule has 4 rings (SSSR count). The number of aliphatic hydroxyl groups excluding tert-OH is 1. The number of anilines is 1. The number of thiophene rings is 1. The fourth-order valence-corrected chi connectivity index (χ4v) is 4.61. The molecule has 3 unspecified atom stereocenters. The molecule has 3 heterocycles. The lowest BCUT2D eigenvalue weighted by molar-refractivity contribution is 0.133. The first kappa shape index (κ1) is 11.6. The van der Waals surface area contributed by atoms with E-state index in [1.54, 1.807) is 17.7 Å².